The molecule has 0 atom stereocenters. The van der Waals surface area contributed by atoms with Gasteiger partial charge in [-0.3, -0.25) is 0 Å². The summed E-state index contributed by atoms with van der Waals surface area (Å²) in [5.41, 5.74) is 3.25. The minimum Gasteiger partial charge on any atom is -0.417 e. The van der Waals surface area contributed by atoms with Crippen LogP contribution in [0.2, 0.25) is 23.2 Å². The lowest BCUT2D eigenvalue weighted by Gasteiger charge is -2.36. The quantitative estimate of drug-likeness (QED) is 0.226. The molecule has 32 heavy (non-hydrogen) atoms. The lowest BCUT2D eigenvalue weighted by Crippen LogP contribution is -2.41. The molecular formula is C23H31ClN6OSi. The SMILES string of the molecule is [C-]#[N+]c1cc(C)c(N(CCCO[Si](C)(C)C(C)(C)C)c2cc(Cl)c3ncn(C)c3n2)cn1. The molecule has 0 bridgehead atoms. The number of imidazole rings is 1. The van der Waals surface area contributed by atoms with Crippen molar-refractivity contribution in [1.82, 2.24) is 19.5 Å². The summed E-state index contributed by atoms with van der Waals surface area (Å²) in [4.78, 5) is 19.0. The van der Waals surface area contributed by atoms with Gasteiger partial charge in [-0.15, -0.1) is 4.98 Å². The Kier molecular flexibility index (Phi) is 6.93. The Hall–Kier alpha value is -2.47. The van der Waals surface area contributed by atoms with E-state index < -0.39 is 8.32 Å². The van der Waals surface area contributed by atoms with Crippen molar-refractivity contribution in [2.75, 3.05) is 18.1 Å². The highest BCUT2D eigenvalue weighted by atomic mass is 35.5. The summed E-state index contributed by atoms with van der Waals surface area (Å²) in [5, 5.41) is 0.721. The van der Waals surface area contributed by atoms with E-state index in [0.29, 0.717) is 29.5 Å². The van der Waals surface area contributed by atoms with E-state index in [9.17, 15) is 0 Å². The van der Waals surface area contributed by atoms with Gasteiger partial charge in [0.2, 0.25) is 0 Å². The number of aromatic nitrogens is 4. The zero-order valence-electron chi connectivity index (χ0n) is 19.9. The van der Waals surface area contributed by atoms with Crippen LogP contribution in [0.25, 0.3) is 16.0 Å². The van der Waals surface area contributed by atoms with E-state index in [1.807, 2.05) is 24.6 Å². The lowest BCUT2D eigenvalue weighted by molar-refractivity contribution is 0.284. The minimum atomic E-state index is -1.81. The van der Waals surface area contributed by atoms with Crippen LogP contribution in [0.5, 0.6) is 0 Å². The lowest BCUT2D eigenvalue weighted by atomic mass is 10.2. The summed E-state index contributed by atoms with van der Waals surface area (Å²) in [5.74, 6) is 1.10. The number of hydrogen-bond acceptors (Lipinski definition) is 5. The number of aryl methyl sites for hydroxylation is 2. The topological polar surface area (TPSA) is 60.4 Å². The van der Waals surface area contributed by atoms with Crippen LogP contribution < -0.4 is 4.90 Å². The number of rotatable bonds is 7. The van der Waals surface area contributed by atoms with Crippen molar-refractivity contribution in [3.8, 4) is 0 Å². The average molecular weight is 471 g/mol. The molecule has 0 amide bonds. The summed E-state index contributed by atoms with van der Waals surface area (Å²) in [6.07, 6.45) is 4.27. The Bertz CT molecular complexity index is 1160. The normalized spacial score (nSPS) is 12.2. The predicted octanol–water partition coefficient (Wildman–Crippen LogP) is 6.43. The molecule has 0 saturated heterocycles. The first-order valence-electron chi connectivity index (χ1n) is 10.7. The second-order valence-electron chi connectivity index (χ2n) is 9.54. The average Bonchev–Trinajstić information content (AvgIpc) is 3.09. The van der Waals surface area contributed by atoms with Gasteiger partial charge in [-0.25, -0.2) is 9.97 Å². The van der Waals surface area contributed by atoms with Gasteiger partial charge in [0.25, 0.3) is 5.82 Å². The molecular weight excluding hydrogens is 440 g/mol. The van der Waals surface area contributed by atoms with Gasteiger partial charge in [0.05, 0.1) is 17.0 Å². The molecule has 9 heteroatoms. The van der Waals surface area contributed by atoms with E-state index in [1.54, 1.807) is 18.6 Å². The minimum absolute atomic E-state index is 0.169. The maximum atomic E-state index is 7.25. The van der Waals surface area contributed by atoms with Gasteiger partial charge in [0, 0.05) is 26.3 Å². The van der Waals surface area contributed by atoms with Gasteiger partial charge in [-0.1, -0.05) is 38.9 Å². The maximum absolute atomic E-state index is 7.25. The molecule has 0 aliphatic rings. The van der Waals surface area contributed by atoms with Crippen molar-refractivity contribution in [2.24, 2.45) is 7.05 Å². The van der Waals surface area contributed by atoms with Crippen molar-refractivity contribution < 1.29 is 4.43 Å². The Labute approximate surface area is 196 Å². The van der Waals surface area contributed by atoms with Crippen molar-refractivity contribution >= 4 is 48.4 Å². The third-order valence-corrected chi connectivity index (χ3v) is 11.0. The van der Waals surface area contributed by atoms with Gasteiger partial charge < -0.3 is 18.7 Å². The number of pyridine rings is 2. The van der Waals surface area contributed by atoms with Crippen LogP contribution in [-0.4, -0.2) is 41.0 Å². The summed E-state index contributed by atoms with van der Waals surface area (Å²) < 4.78 is 8.24. The second kappa shape index (κ2) is 9.18. The van der Waals surface area contributed by atoms with E-state index in [1.165, 1.54) is 0 Å². The molecule has 0 N–H and O–H groups in total. The molecule has 0 aliphatic carbocycles. The van der Waals surface area contributed by atoms with Gasteiger partial charge in [0.1, 0.15) is 17.5 Å². The van der Waals surface area contributed by atoms with Crippen molar-refractivity contribution in [3.63, 3.8) is 0 Å². The van der Waals surface area contributed by atoms with E-state index in [4.69, 9.17) is 27.6 Å². The molecule has 0 aliphatic heterocycles. The molecule has 3 aromatic heterocycles. The van der Waals surface area contributed by atoms with Crippen molar-refractivity contribution in [2.45, 2.75) is 52.2 Å². The largest absolute Gasteiger partial charge is 0.417 e. The number of nitrogens with zero attached hydrogens (tertiary/aromatic N) is 6. The highest BCUT2D eigenvalue weighted by Crippen LogP contribution is 2.37. The van der Waals surface area contributed by atoms with Crippen molar-refractivity contribution in [1.29, 1.82) is 0 Å². The van der Waals surface area contributed by atoms with Crippen LogP contribution >= 0.6 is 11.6 Å². The summed E-state index contributed by atoms with van der Waals surface area (Å²) in [6, 6.07) is 3.64. The Morgan fingerprint density at radius 2 is 1.97 bits per heavy atom. The van der Waals surface area contributed by atoms with E-state index in [-0.39, 0.29) is 5.04 Å². The molecule has 3 heterocycles. The van der Waals surface area contributed by atoms with Gasteiger partial charge in [0.15, 0.2) is 14.0 Å². The molecule has 3 rings (SSSR count). The van der Waals surface area contributed by atoms with Gasteiger partial charge in [-0.2, -0.15) is 0 Å². The number of halogens is 1. The van der Waals surface area contributed by atoms with Crippen molar-refractivity contribution in [3.05, 3.63) is 46.7 Å². The molecule has 0 fully saturated rings. The third-order valence-electron chi connectivity index (χ3n) is 6.15. The maximum Gasteiger partial charge on any atom is 0.269 e. The monoisotopic (exact) mass is 470 g/mol. The van der Waals surface area contributed by atoms with E-state index in [2.05, 4.69) is 53.6 Å². The number of anilines is 2. The fourth-order valence-electron chi connectivity index (χ4n) is 3.19. The molecule has 0 saturated carbocycles. The number of fused-ring (bicyclic) bond motifs is 1. The molecule has 0 spiro atoms. The molecule has 0 unspecified atom stereocenters. The Morgan fingerprint density at radius 1 is 1.25 bits per heavy atom. The van der Waals surface area contributed by atoms with Crippen LogP contribution in [0.1, 0.15) is 32.8 Å². The van der Waals surface area contributed by atoms with Crippen LogP contribution in [0.15, 0.2) is 24.7 Å². The summed E-state index contributed by atoms with van der Waals surface area (Å²) in [6.45, 7) is 21.8. The van der Waals surface area contributed by atoms with Crippen LogP contribution in [0.3, 0.4) is 0 Å². The first-order chi connectivity index (χ1) is 14.9. The summed E-state index contributed by atoms with van der Waals surface area (Å²) in [7, 11) is 0.0852. The van der Waals surface area contributed by atoms with E-state index >= 15 is 0 Å². The Morgan fingerprint density at radius 3 is 2.59 bits per heavy atom. The first kappa shape index (κ1) is 24.2. The molecule has 0 aromatic carbocycles. The zero-order valence-corrected chi connectivity index (χ0v) is 21.7. The van der Waals surface area contributed by atoms with Crippen LogP contribution in [-0.2, 0) is 11.5 Å². The molecule has 170 valence electrons. The van der Waals surface area contributed by atoms with Crippen LogP contribution in [0.4, 0.5) is 17.3 Å². The predicted molar refractivity (Wildman–Crippen MR) is 134 cm³/mol. The van der Waals surface area contributed by atoms with Gasteiger partial charge >= 0.3 is 0 Å². The second-order valence-corrected chi connectivity index (χ2v) is 14.8. The third kappa shape index (κ3) is 4.95. The Balaban J connectivity index is 1.93. The first-order valence-corrected chi connectivity index (χ1v) is 14.0. The fraction of sp³-hybridized carbons (Fsp3) is 0.478. The smallest absolute Gasteiger partial charge is 0.269 e. The number of hydrogen-bond donors (Lipinski definition) is 0. The van der Waals surface area contributed by atoms with E-state index in [0.717, 1.165) is 29.1 Å². The molecule has 3 aromatic rings. The fourth-order valence-corrected chi connectivity index (χ4v) is 4.51. The molecule has 7 nitrogen and oxygen atoms in total. The zero-order chi connectivity index (χ0) is 23.7. The standard InChI is InChI=1S/C23H31ClN6OSi/c1-16-12-19(25-5)26-14-18(16)30(10-9-11-31-32(7,8)23(2,3)4)20-13-17(24)21-22(28-20)29(6)15-27-21/h12-15H,9-11H2,1-4,6-8H3. The van der Waals surface area contributed by atoms with Crippen LogP contribution in [0, 0.1) is 13.5 Å². The van der Waals surface area contributed by atoms with Gasteiger partial charge in [-0.05, 0) is 43.1 Å². The molecule has 0 radical (unpaired) electrons. The summed E-state index contributed by atoms with van der Waals surface area (Å²) >= 11 is 6.55. The highest BCUT2D eigenvalue weighted by Gasteiger charge is 2.36. The highest BCUT2D eigenvalue weighted by molar-refractivity contribution is 6.74.